The van der Waals surface area contributed by atoms with Crippen molar-refractivity contribution in [1.82, 2.24) is 4.90 Å². The van der Waals surface area contributed by atoms with E-state index in [9.17, 15) is 9.59 Å². The van der Waals surface area contributed by atoms with Crippen LogP contribution in [0.1, 0.15) is 30.0 Å². The normalized spacial score (nSPS) is 17.3. The van der Waals surface area contributed by atoms with Gasteiger partial charge in [-0.25, -0.2) is 9.59 Å². The molecule has 0 N–H and O–H groups in total. The molecule has 0 radical (unpaired) electrons. The summed E-state index contributed by atoms with van der Waals surface area (Å²) in [5, 5.41) is 0.0590. The molecule has 1 heterocycles. The number of benzene rings is 3. The van der Waals surface area contributed by atoms with Crippen molar-refractivity contribution in [2.45, 2.75) is 29.4 Å². The van der Waals surface area contributed by atoms with Gasteiger partial charge in [-0.1, -0.05) is 110 Å². The van der Waals surface area contributed by atoms with Crippen LogP contribution in [0.3, 0.4) is 0 Å². The minimum Gasteiger partial charge on any atom is -0.463 e. The first kappa shape index (κ1) is 27.3. The molecule has 1 amide bonds. The van der Waals surface area contributed by atoms with Gasteiger partial charge in [0.1, 0.15) is 6.61 Å². The van der Waals surface area contributed by atoms with Crippen LogP contribution in [0.2, 0.25) is 0 Å². The molecule has 3 aromatic carbocycles. The lowest BCUT2D eigenvalue weighted by Gasteiger charge is -2.37. The zero-order valence-electron chi connectivity index (χ0n) is 21.6. The van der Waals surface area contributed by atoms with Gasteiger partial charge >= 0.3 is 12.1 Å². The van der Waals surface area contributed by atoms with Gasteiger partial charge in [0.25, 0.3) is 0 Å². The smallest absolute Gasteiger partial charge is 0.410 e. The molecule has 38 heavy (non-hydrogen) atoms. The fourth-order valence-corrected chi connectivity index (χ4v) is 6.71. The second-order valence-electron chi connectivity index (χ2n) is 8.95. The third kappa shape index (κ3) is 6.20. The van der Waals surface area contributed by atoms with Gasteiger partial charge in [-0.05, 0) is 30.0 Å². The largest absolute Gasteiger partial charge is 0.463 e. The Labute approximate surface area is 229 Å². The lowest BCUT2D eigenvalue weighted by Crippen LogP contribution is -2.36. The second kappa shape index (κ2) is 13.2. The molecule has 6 heteroatoms. The summed E-state index contributed by atoms with van der Waals surface area (Å²) < 4.78 is 9.96. The Kier molecular flexibility index (Phi) is 9.44. The molecule has 1 saturated heterocycles. The maximum absolute atomic E-state index is 13.0. The highest BCUT2D eigenvalue weighted by Gasteiger charge is 2.44. The third-order valence-electron chi connectivity index (χ3n) is 6.49. The molecule has 5 nitrogen and oxygen atoms in total. The maximum Gasteiger partial charge on any atom is 0.410 e. The van der Waals surface area contributed by atoms with Crippen LogP contribution >= 0.6 is 11.8 Å². The van der Waals surface area contributed by atoms with E-state index in [4.69, 9.17) is 9.47 Å². The summed E-state index contributed by atoms with van der Waals surface area (Å²) in [6.07, 6.45) is 4.96. The Balaban J connectivity index is 1.75. The highest BCUT2D eigenvalue weighted by atomic mass is 32.2. The summed E-state index contributed by atoms with van der Waals surface area (Å²) in [6.45, 7) is 6.32. The number of rotatable bonds is 10. The minimum absolute atomic E-state index is 0.0590. The van der Waals surface area contributed by atoms with Crippen LogP contribution in [0.5, 0.6) is 0 Å². The van der Waals surface area contributed by atoms with Gasteiger partial charge in [0.05, 0.1) is 17.4 Å². The first-order valence-electron chi connectivity index (χ1n) is 12.8. The van der Waals surface area contributed by atoms with Gasteiger partial charge in [-0.3, -0.25) is 0 Å². The standard InChI is InChI=1S/C32H33NO4S/c1-3-22-37-31(35)33-24-29(23-28(33)20-21-30(34)36-4-2)38-32(25-14-8-5-9-15-25,26-16-10-6-11-17-26)27-18-12-7-13-19-27/h3,5-21,28-29H,1,4,22-24H2,2H3/t28-,29+/m1/s1. The number of likely N-dealkylation sites (tertiary alicyclic amines) is 1. The van der Waals surface area contributed by atoms with E-state index >= 15 is 0 Å². The highest BCUT2D eigenvalue weighted by molar-refractivity contribution is 8.01. The van der Waals surface area contributed by atoms with Gasteiger partial charge in [0.15, 0.2) is 0 Å². The van der Waals surface area contributed by atoms with E-state index in [0.29, 0.717) is 19.6 Å². The fraction of sp³-hybridized carbons (Fsp3) is 0.250. The van der Waals surface area contributed by atoms with E-state index in [1.54, 1.807) is 24.0 Å². The molecule has 0 saturated carbocycles. The number of carbonyl (C=O) groups excluding carboxylic acids is 2. The van der Waals surface area contributed by atoms with Crippen LogP contribution in [0.25, 0.3) is 0 Å². The molecule has 1 aliphatic heterocycles. The highest BCUT2D eigenvalue weighted by Crippen LogP contribution is 2.52. The van der Waals surface area contributed by atoms with Crippen LogP contribution < -0.4 is 0 Å². The third-order valence-corrected chi connectivity index (χ3v) is 8.23. The van der Waals surface area contributed by atoms with Crippen LogP contribution in [0, 0.1) is 0 Å². The average Bonchev–Trinajstić information content (AvgIpc) is 3.37. The molecular formula is C32H33NO4S. The molecule has 0 bridgehead atoms. The number of carbonyl (C=O) groups is 2. The van der Waals surface area contributed by atoms with Crippen molar-refractivity contribution in [3.05, 3.63) is 132 Å². The number of amides is 1. The summed E-state index contributed by atoms with van der Waals surface area (Å²) >= 11 is 1.83. The second-order valence-corrected chi connectivity index (χ2v) is 10.5. The average molecular weight is 528 g/mol. The quantitative estimate of drug-likeness (QED) is 0.129. The zero-order chi connectivity index (χ0) is 26.8. The zero-order valence-corrected chi connectivity index (χ0v) is 22.4. The van der Waals surface area contributed by atoms with E-state index in [1.165, 1.54) is 6.08 Å². The van der Waals surface area contributed by atoms with E-state index in [0.717, 1.165) is 16.7 Å². The predicted octanol–water partition coefficient (Wildman–Crippen LogP) is 6.60. The summed E-state index contributed by atoms with van der Waals surface area (Å²) in [6, 6.07) is 31.1. The Morgan fingerprint density at radius 1 is 0.921 bits per heavy atom. The van der Waals surface area contributed by atoms with Crippen molar-refractivity contribution >= 4 is 23.8 Å². The van der Waals surface area contributed by atoms with Crippen LogP contribution in [0.4, 0.5) is 4.79 Å². The molecule has 1 aliphatic rings. The molecule has 4 rings (SSSR count). The Hall–Kier alpha value is -3.77. The molecule has 2 atom stereocenters. The first-order chi connectivity index (χ1) is 18.6. The molecule has 196 valence electrons. The molecule has 0 aromatic heterocycles. The fourth-order valence-electron chi connectivity index (χ4n) is 4.87. The molecular weight excluding hydrogens is 494 g/mol. The van der Waals surface area contributed by atoms with Gasteiger partial charge in [0, 0.05) is 17.9 Å². The number of ether oxygens (including phenoxy) is 2. The van der Waals surface area contributed by atoms with E-state index in [2.05, 4.69) is 79.4 Å². The first-order valence-corrected chi connectivity index (χ1v) is 13.7. The maximum atomic E-state index is 13.0. The van der Waals surface area contributed by atoms with E-state index < -0.39 is 16.8 Å². The topological polar surface area (TPSA) is 55.8 Å². The summed E-state index contributed by atoms with van der Waals surface area (Å²) in [5.74, 6) is -0.421. The molecule has 0 spiro atoms. The summed E-state index contributed by atoms with van der Waals surface area (Å²) in [7, 11) is 0. The minimum atomic E-state index is -0.509. The number of nitrogens with zero attached hydrogens (tertiary/aromatic N) is 1. The number of hydrogen-bond acceptors (Lipinski definition) is 5. The number of hydrogen-bond donors (Lipinski definition) is 0. The SMILES string of the molecule is C=CCOC(=O)N1C[C@@H](SC(c2ccccc2)(c2ccccc2)c2ccccc2)C[C@H]1C=CC(=O)OCC. The molecule has 0 unspecified atom stereocenters. The van der Waals surface area contributed by atoms with Crippen molar-refractivity contribution in [2.75, 3.05) is 19.8 Å². The Morgan fingerprint density at radius 3 is 1.92 bits per heavy atom. The van der Waals surface area contributed by atoms with Crippen molar-refractivity contribution < 1.29 is 19.1 Å². The van der Waals surface area contributed by atoms with Gasteiger partial charge in [-0.15, -0.1) is 11.8 Å². The van der Waals surface area contributed by atoms with Crippen molar-refractivity contribution in [2.24, 2.45) is 0 Å². The van der Waals surface area contributed by atoms with E-state index in [-0.39, 0.29) is 17.9 Å². The predicted molar refractivity (Wildman–Crippen MR) is 153 cm³/mol. The lowest BCUT2D eigenvalue weighted by atomic mass is 9.84. The Morgan fingerprint density at radius 2 is 1.45 bits per heavy atom. The molecule has 0 aliphatic carbocycles. The van der Waals surface area contributed by atoms with Gasteiger partial charge < -0.3 is 14.4 Å². The molecule has 3 aromatic rings. The molecule has 1 fully saturated rings. The van der Waals surface area contributed by atoms with E-state index in [1.807, 2.05) is 30.0 Å². The summed E-state index contributed by atoms with van der Waals surface area (Å²) in [5.41, 5.74) is 3.48. The van der Waals surface area contributed by atoms with Crippen molar-refractivity contribution in [3.8, 4) is 0 Å². The monoisotopic (exact) mass is 527 g/mol. The van der Waals surface area contributed by atoms with Crippen molar-refractivity contribution in [3.63, 3.8) is 0 Å². The lowest BCUT2D eigenvalue weighted by molar-refractivity contribution is -0.137. The Bertz CT molecular complexity index is 1130. The number of thioether (sulfide) groups is 1. The van der Waals surface area contributed by atoms with Crippen LogP contribution in [-0.4, -0.2) is 48.0 Å². The van der Waals surface area contributed by atoms with Crippen LogP contribution in [0.15, 0.2) is 116 Å². The van der Waals surface area contributed by atoms with Crippen molar-refractivity contribution in [1.29, 1.82) is 0 Å². The van der Waals surface area contributed by atoms with Gasteiger partial charge in [-0.2, -0.15) is 0 Å². The van der Waals surface area contributed by atoms with Gasteiger partial charge in [0.2, 0.25) is 0 Å². The summed E-state index contributed by atoms with van der Waals surface area (Å²) in [4.78, 5) is 26.8. The van der Waals surface area contributed by atoms with Crippen LogP contribution in [-0.2, 0) is 19.0 Å². The number of esters is 1.